The van der Waals surface area contributed by atoms with E-state index < -0.39 is 36.3 Å². The van der Waals surface area contributed by atoms with Gasteiger partial charge in [0.2, 0.25) is 5.78 Å². The van der Waals surface area contributed by atoms with Crippen molar-refractivity contribution in [3.8, 4) is 0 Å². The van der Waals surface area contributed by atoms with Gasteiger partial charge < -0.3 is 25.2 Å². The first kappa shape index (κ1) is 33.4. The van der Waals surface area contributed by atoms with E-state index in [9.17, 15) is 19.8 Å². The first-order chi connectivity index (χ1) is 16.5. The number of ether oxygens (including phenoxy) is 1. The zero-order valence-electron chi connectivity index (χ0n) is 22.7. The van der Waals surface area contributed by atoms with Crippen LogP contribution in [0.1, 0.15) is 112 Å². The Morgan fingerprint density at radius 2 is 1.17 bits per heavy atom. The Bertz CT molecular complexity index is 602. The lowest BCUT2D eigenvalue weighted by Gasteiger charge is -2.17. The summed E-state index contributed by atoms with van der Waals surface area (Å²) in [6.07, 6.45) is 9.85. The third-order valence-corrected chi connectivity index (χ3v) is 6.77. The van der Waals surface area contributed by atoms with Crippen LogP contribution in [0.5, 0.6) is 0 Å². The summed E-state index contributed by atoms with van der Waals surface area (Å²) in [6.45, 7) is 11.0. The first-order valence-corrected chi connectivity index (χ1v) is 13.6. The third kappa shape index (κ3) is 17.5. The average Bonchev–Trinajstić information content (AvgIpc) is 2.80. The van der Waals surface area contributed by atoms with Crippen LogP contribution in [0.25, 0.3) is 0 Å². The monoisotopic (exact) mass is 500 g/mol. The molecule has 7 heteroatoms. The molecule has 0 bridgehead atoms. The first-order valence-electron chi connectivity index (χ1n) is 13.6. The van der Waals surface area contributed by atoms with Crippen molar-refractivity contribution in [2.24, 2.45) is 23.7 Å². The molecule has 0 aliphatic heterocycles. The molecule has 35 heavy (non-hydrogen) atoms. The summed E-state index contributed by atoms with van der Waals surface area (Å²) in [7, 11) is 0. The molecule has 4 N–H and O–H groups in total. The largest absolute Gasteiger partial charge is 0.512 e. The molecule has 7 nitrogen and oxygen atoms in total. The van der Waals surface area contributed by atoms with E-state index in [1.165, 1.54) is 51.4 Å². The number of hydrogen-bond acceptors (Lipinski definition) is 7. The number of hydrogen-bond donors (Lipinski definition) is 4. The molecule has 0 spiro atoms. The Labute approximate surface area is 213 Å². The molecular formula is C28H52O7. The highest BCUT2D eigenvalue weighted by Gasteiger charge is 2.28. The van der Waals surface area contributed by atoms with Gasteiger partial charge in [0.25, 0.3) is 0 Å². The number of carbonyl (C=O) groups excluding carboxylic acids is 2. The van der Waals surface area contributed by atoms with Crippen LogP contribution in [0.15, 0.2) is 12.0 Å². The minimum atomic E-state index is -1.98. The fourth-order valence-electron chi connectivity index (χ4n) is 4.26. The van der Waals surface area contributed by atoms with Crippen molar-refractivity contribution in [3.63, 3.8) is 0 Å². The predicted molar refractivity (Wildman–Crippen MR) is 139 cm³/mol. The smallest absolute Gasteiger partial charge is 0.305 e. The van der Waals surface area contributed by atoms with E-state index in [0.717, 1.165) is 30.6 Å². The number of aliphatic hydroxyl groups is 4. The van der Waals surface area contributed by atoms with Crippen LogP contribution in [-0.4, -0.2) is 51.0 Å². The van der Waals surface area contributed by atoms with Crippen LogP contribution < -0.4 is 0 Å². The van der Waals surface area contributed by atoms with Gasteiger partial charge in [0.15, 0.2) is 5.76 Å². The van der Waals surface area contributed by atoms with Gasteiger partial charge in [-0.05, 0) is 30.1 Å². The molecule has 0 rings (SSSR count). The number of Topliss-reactive ketones (excluding diaryl/α,β-unsaturated/α-hetero) is 1. The van der Waals surface area contributed by atoms with E-state index >= 15 is 0 Å². The van der Waals surface area contributed by atoms with Crippen LogP contribution in [0.2, 0.25) is 0 Å². The molecule has 0 saturated carbocycles. The van der Waals surface area contributed by atoms with Crippen LogP contribution in [-0.2, 0) is 14.3 Å². The molecule has 0 heterocycles. The van der Waals surface area contributed by atoms with Crippen LogP contribution >= 0.6 is 0 Å². The molecule has 0 aromatic heterocycles. The summed E-state index contributed by atoms with van der Waals surface area (Å²) < 4.78 is 4.90. The van der Waals surface area contributed by atoms with Crippen molar-refractivity contribution in [2.45, 2.75) is 124 Å². The minimum absolute atomic E-state index is 0.128. The summed E-state index contributed by atoms with van der Waals surface area (Å²) in [5.41, 5.74) is 0. The number of aliphatic hydroxyl groups excluding tert-OH is 4. The maximum atomic E-state index is 11.9. The van der Waals surface area contributed by atoms with E-state index in [-0.39, 0.29) is 12.7 Å². The minimum Gasteiger partial charge on any atom is -0.512 e. The molecule has 0 radical (unpaired) electrons. The van der Waals surface area contributed by atoms with Gasteiger partial charge in [0.1, 0.15) is 25.1 Å². The molecular weight excluding hydrogens is 448 g/mol. The van der Waals surface area contributed by atoms with Crippen molar-refractivity contribution >= 4 is 11.8 Å². The number of carbonyl (C=O) groups is 2. The zero-order valence-corrected chi connectivity index (χ0v) is 22.7. The van der Waals surface area contributed by atoms with Crippen LogP contribution in [0, 0.1) is 23.7 Å². The number of rotatable bonds is 21. The molecule has 0 aliphatic carbocycles. The fourth-order valence-corrected chi connectivity index (χ4v) is 4.26. The Balaban J connectivity index is 3.85. The van der Waals surface area contributed by atoms with E-state index in [1.54, 1.807) is 0 Å². The third-order valence-electron chi connectivity index (χ3n) is 6.77. The lowest BCUT2D eigenvalue weighted by molar-refractivity contribution is -0.152. The Kier molecular flexibility index (Phi) is 18.7. The highest BCUT2D eigenvalue weighted by atomic mass is 16.5. The number of esters is 1. The second-order valence-electron chi connectivity index (χ2n) is 11.0. The highest BCUT2D eigenvalue weighted by Crippen LogP contribution is 2.23. The molecule has 0 fully saturated rings. The molecule has 5 atom stereocenters. The van der Waals surface area contributed by atoms with Crippen molar-refractivity contribution in [1.29, 1.82) is 0 Å². The second kappa shape index (κ2) is 19.6. The zero-order chi connectivity index (χ0) is 26.8. The summed E-state index contributed by atoms with van der Waals surface area (Å²) >= 11 is 0. The van der Waals surface area contributed by atoms with E-state index in [1.807, 2.05) is 0 Å². The summed E-state index contributed by atoms with van der Waals surface area (Å²) in [6, 6.07) is 0. The van der Waals surface area contributed by atoms with Crippen LogP contribution in [0.3, 0.4) is 0 Å². The van der Waals surface area contributed by atoms with Gasteiger partial charge in [-0.2, -0.15) is 0 Å². The second-order valence-corrected chi connectivity index (χ2v) is 11.0. The van der Waals surface area contributed by atoms with Crippen molar-refractivity contribution < 1.29 is 34.8 Å². The lowest BCUT2D eigenvalue weighted by atomic mass is 9.90. The SMILES string of the molecule is CC(C)CCCC(C)CCCC(C)CCCC(C)CCCC(=O)OCC(O)C(O)C(=O)C(O)=CO. The van der Waals surface area contributed by atoms with Gasteiger partial charge in [-0.1, -0.05) is 98.8 Å². The summed E-state index contributed by atoms with van der Waals surface area (Å²) in [5, 5.41) is 36.9. The highest BCUT2D eigenvalue weighted by molar-refractivity contribution is 5.96. The van der Waals surface area contributed by atoms with Gasteiger partial charge in [0.05, 0.1) is 0 Å². The Hall–Kier alpha value is -1.60. The lowest BCUT2D eigenvalue weighted by Crippen LogP contribution is -2.38. The quantitative estimate of drug-likeness (QED) is 0.0862. The average molecular weight is 501 g/mol. The maximum Gasteiger partial charge on any atom is 0.305 e. The van der Waals surface area contributed by atoms with Crippen LogP contribution in [0.4, 0.5) is 0 Å². The molecule has 206 valence electrons. The van der Waals surface area contributed by atoms with Gasteiger partial charge in [0, 0.05) is 6.42 Å². The Morgan fingerprint density at radius 1 is 0.743 bits per heavy atom. The molecule has 5 unspecified atom stereocenters. The molecule has 0 amide bonds. The molecule has 0 aromatic rings. The predicted octanol–water partition coefficient (Wildman–Crippen LogP) is 6.02. The number of ketones is 1. The standard InChI is InChI=1S/C28H52O7/c1-20(2)10-6-11-21(3)12-7-13-22(4)14-8-15-23(5)16-9-17-26(32)35-19-25(31)28(34)27(33)24(30)18-29/h18,20-23,25,28-31,34H,6-17,19H2,1-5H3. The van der Waals surface area contributed by atoms with Crippen molar-refractivity contribution in [2.75, 3.05) is 6.61 Å². The van der Waals surface area contributed by atoms with Gasteiger partial charge in [-0.15, -0.1) is 0 Å². The van der Waals surface area contributed by atoms with Gasteiger partial charge in [-0.25, -0.2) is 0 Å². The topological polar surface area (TPSA) is 124 Å². The molecule has 0 aromatic carbocycles. The molecule has 0 aliphatic rings. The van der Waals surface area contributed by atoms with Crippen molar-refractivity contribution in [1.82, 2.24) is 0 Å². The fraction of sp³-hybridized carbons (Fsp3) is 0.857. The maximum absolute atomic E-state index is 11.9. The summed E-state index contributed by atoms with van der Waals surface area (Å²) in [4.78, 5) is 23.3. The van der Waals surface area contributed by atoms with Gasteiger partial charge in [-0.3, -0.25) is 9.59 Å². The van der Waals surface area contributed by atoms with E-state index in [4.69, 9.17) is 14.9 Å². The van der Waals surface area contributed by atoms with E-state index in [2.05, 4.69) is 34.6 Å². The molecule has 0 saturated heterocycles. The summed E-state index contributed by atoms with van der Waals surface area (Å²) in [5.74, 6) is 0.0887. The van der Waals surface area contributed by atoms with Crippen molar-refractivity contribution in [3.05, 3.63) is 12.0 Å². The normalized spacial score (nSPS) is 16.5. The van der Waals surface area contributed by atoms with Gasteiger partial charge >= 0.3 is 5.97 Å². The van der Waals surface area contributed by atoms with E-state index in [0.29, 0.717) is 12.3 Å². The Morgan fingerprint density at radius 3 is 1.60 bits per heavy atom.